The van der Waals surface area contributed by atoms with Crippen LogP contribution in [0.2, 0.25) is 0 Å². The molecule has 1 unspecified atom stereocenters. The number of aliphatic hydroxyl groups is 2. The van der Waals surface area contributed by atoms with Crippen molar-refractivity contribution in [1.29, 1.82) is 0 Å². The molecular formula is C21H22O11S. The Labute approximate surface area is 188 Å². The molecule has 0 spiro atoms. The Balaban J connectivity index is 2.38. The zero-order valence-corrected chi connectivity index (χ0v) is 18.6. The number of fused-ring (bicyclic) bond motifs is 1. The van der Waals surface area contributed by atoms with Gasteiger partial charge in [-0.2, -0.15) is 8.42 Å². The Bertz CT molecular complexity index is 1350. The summed E-state index contributed by atoms with van der Waals surface area (Å²) in [6, 6.07) is 6.74. The predicted molar refractivity (Wildman–Crippen MR) is 116 cm³/mol. The van der Waals surface area contributed by atoms with Crippen LogP contribution in [-0.2, 0) is 16.8 Å². The van der Waals surface area contributed by atoms with E-state index in [1.54, 1.807) is 0 Å². The van der Waals surface area contributed by atoms with Crippen LogP contribution in [0.5, 0.6) is 23.0 Å². The van der Waals surface area contributed by atoms with Gasteiger partial charge in [0.2, 0.25) is 11.2 Å². The van der Waals surface area contributed by atoms with Crippen LogP contribution in [0.15, 0.2) is 39.5 Å². The molecule has 0 aliphatic heterocycles. The molecule has 2 aromatic carbocycles. The summed E-state index contributed by atoms with van der Waals surface area (Å²) in [4.78, 5) is 12.9. The van der Waals surface area contributed by atoms with Crippen molar-refractivity contribution in [3.63, 3.8) is 0 Å². The number of methoxy groups -OCH3 is 1. The van der Waals surface area contributed by atoms with Gasteiger partial charge >= 0.3 is 10.4 Å². The fourth-order valence-electron chi connectivity index (χ4n) is 3.13. The highest BCUT2D eigenvalue weighted by molar-refractivity contribution is 7.81. The minimum absolute atomic E-state index is 0.238. The molecule has 12 heteroatoms. The molecule has 0 bridgehead atoms. The molecule has 33 heavy (non-hydrogen) atoms. The van der Waals surface area contributed by atoms with Crippen LogP contribution >= 0.6 is 0 Å². The molecule has 0 amide bonds. The number of rotatable bonds is 7. The van der Waals surface area contributed by atoms with E-state index in [1.807, 2.05) is 0 Å². The van der Waals surface area contributed by atoms with Gasteiger partial charge in [-0.05, 0) is 38.1 Å². The fourth-order valence-corrected chi connectivity index (χ4v) is 3.50. The molecule has 0 fully saturated rings. The summed E-state index contributed by atoms with van der Waals surface area (Å²) in [7, 11) is -3.64. The van der Waals surface area contributed by atoms with E-state index in [4.69, 9.17) is 13.7 Å². The highest BCUT2D eigenvalue weighted by atomic mass is 32.3. The molecule has 1 heterocycles. The van der Waals surface area contributed by atoms with E-state index in [2.05, 4.69) is 4.18 Å². The second-order valence-electron chi connectivity index (χ2n) is 7.80. The van der Waals surface area contributed by atoms with Crippen molar-refractivity contribution in [2.45, 2.75) is 32.0 Å². The minimum atomic E-state index is -5.08. The number of phenolic OH excluding ortho intramolecular Hbond substituents is 1. The standard InChI is InChI=1S/C21H22O11S/c1-21(2,26)15(23)8-12-14(32-33(27,28)29)9-13(22)16-17(24)18(25)19(31-20(12)16)10-4-6-11(30-3)7-5-10/h4-7,9,15,22-23,25-26H,8H2,1-3H3,(H,27,28,29). The lowest BCUT2D eigenvalue weighted by Crippen LogP contribution is -2.37. The third-order valence-corrected chi connectivity index (χ3v) is 5.33. The summed E-state index contributed by atoms with van der Waals surface area (Å²) in [6.45, 7) is 2.57. The van der Waals surface area contributed by atoms with Crippen LogP contribution in [0.3, 0.4) is 0 Å². The van der Waals surface area contributed by atoms with Gasteiger partial charge in [-0.1, -0.05) is 0 Å². The summed E-state index contributed by atoms with van der Waals surface area (Å²) in [5, 5.41) is 40.8. The van der Waals surface area contributed by atoms with Gasteiger partial charge in [-0.3, -0.25) is 9.35 Å². The number of aliphatic hydroxyl groups excluding tert-OH is 1. The van der Waals surface area contributed by atoms with Crippen molar-refractivity contribution < 1.29 is 46.7 Å². The zero-order valence-electron chi connectivity index (χ0n) is 17.8. The van der Waals surface area contributed by atoms with Gasteiger partial charge < -0.3 is 33.8 Å². The van der Waals surface area contributed by atoms with Crippen LogP contribution in [-0.4, -0.2) is 52.2 Å². The zero-order chi connectivity index (χ0) is 24.7. The smallest absolute Gasteiger partial charge is 0.446 e. The summed E-state index contributed by atoms with van der Waals surface area (Å²) < 4.78 is 47.1. The Kier molecular flexibility index (Phi) is 6.31. The first-order chi connectivity index (χ1) is 15.2. The van der Waals surface area contributed by atoms with Gasteiger partial charge in [0.15, 0.2) is 11.5 Å². The third kappa shape index (κ3) is 5.03. The number of benzene rings is 2. The van der Waals surface area contributed by atoms with Gasteiger partial charge in [0.1, 0.15) is 22.5 Å². The lowest BCUT2D eigenvalue weighted by Gasteiger charge is -2.25. The largest absolute Gasteiger partial charge is 0.507 e. The predicted octanol–water partition coefficient (Wildman–Crippen LogP) is 1.74. The molecule has 11 nitrogen and oxygen atoms in total. The number of ether oxygens (including phenoxy) is 1. The Morgan fingerprint density at radius 3 is 2.27 bits per heavy atom. The molecule has 0 saturated carbocycles. The van der Waals surface area contributed by atoms with E-state index >= 15 is 0 Å². The highest BCUT2D eigenvalue weighted by Crippen LogP contribution is 2.40. The molecule has 1 aromatic heterocycles. The average molecular weight is 482 g/mol. The van der Waals surface area contributed by atoms with Crippen LogP contribution in [0.25, 0.3) is 22.3 Å². The number of hydrogen-bond donors (Lipinski definition) is 5. The molecule has 5 N–H and O–H groups in total. The maximum atomic E-state index is 12.9. The second-order valence-corrected chi connectivity index (χ2v) is 8.82. The van der Waals surface area contributed by atoms with E-state index in [9.17, 15) is 33.6 Å². The average Bonchev–Trinajstić information content (AvgIpc) is 2.71. The van der Waals surface area contributed by atoms with Crippen molar-refractivity contribution in [2.24, 2.45) is 0 Å². The van der Waals surface area contributed by atoms with Gasteiger partial charge in [-0.25, -0.2) is 0 Å². The van der Waals surface area contributed by atoms with Crippen LogP contribution in [0.4, 0.5) is 0 Å². The van der Waals surface area contributed by atoms with Crippen molar-refractivity contribution >= 4 is 21.4 Å². The first-order valence-corrected chi connectivity index (χ1v) is 10.9. The number of aromatic hydroxyl groups is 2. The molecule has 0 saturated heterocycles. The van der Waals surface area contributed by atoms with Gasteiger partial charge in [0, 0.05) is 23.6 Å². The van der Waals surface area contributed by atoms with Crippen LogP contribution < -0.4 is 14.3 Å². The Hall–Kier alpha value is -3.32. The van der Waals surface area contributed by atoms with Crippen molar-refractivity contribution in [3.05, 3.63) is 46.1 Å². The Morgan fingerprint density at radius 2 is 1.76 bits per heavy atom. The molecular weight excluding hydrogens is 460 g/mol. The van der Waals surface area contributed by atoms with E-state index < -0.39 is 62.2 Å². The fraction of sp³-hybridized carbons (Fsp3) is 0.286. The lowest BCUT2D eigenvalue weighted by molar-refractivity contribution is -0.0469. The molecule has 1 atom stereocenters. The van der Waals surface area contributed by atoms with Crippen LogP contribution in [0.1, 0.15) is 19.4 Å². The van der Waals surface area contributed by atoms with E-state index in [1.165, 1.54) is 45.2 Å². The highest BCUT2D eigenvalue weighted by Gasteiger charge is 2.31. The van der Waals surface area contributed by atoms with Gasteiger partial charge in [0.25, 0.3) is 0 Å². The van der Waals surface area contributed by atoms with E-state index in [-0.39, 0.29) is 16.9 Å². The third-order valence-electron chi connectivity index (χ3n) is 4.94. The normalized spacial score (nSPS) is 13.2. The first kappa shape index (κ1) is 24.3. The van der Waals surface area contributed by atoms with Crippen LogP contribution in [0, 0.1) is 0 Å². The lowest BCUT2D eigenvalue weighted by atomic mass is 9.93. The second kappa shape index (κ2) is 8.56. The molecule has 0 aliphatic rings. The quantitative estimate of drug-likeness (QED) is 0.309. The summed E-state index contributed by atoms with van der Waals surface area (Å²) >= 11 is 0. The summed E-state index contributed by atoms with van der Waals surface area (Å²) in [6.07, 6.45) is -2.03. The Morgan fingerprint density at radius 1 is 1.15 bits per heavy atom. The molecule has 0 aliphatic carbocycles. The molecule has 3 rings (SSSR count). The minimum Gasteiger partial charge on any atom is -0.507 e. The molecule has 0 radical (unpaired) electrons. The van der Waals surface area contributed by atoms with Gasteiger partial charge in [-0.15, -0.1) is 0 Å². The van der Waals surface area contributed by atoms with E-state index in [0.29, 0.717) is 11.8 Å². The maximum Gasteiger partial charge on any atom is 0.446 e. The van der Waals surface area contributed by atoms with Gasteiger partial charge in [0.05, 0.1) is 18.8 Å². The number of hydrogen-bond acceptors (Lipinski definition) is 10. The molecule has 178 valence electrons. The summed E-state index contributed by atoms with van der Waals surface area (Å²) in [5.41, 5.74) is -3.17. The first-order valence-electron chi connectivity index (χ1n) is 9.49. The number of phenols is 1. The monoisotopic (exact) mass is 482 g/mol. The maximum absolute atomic E-state index is 12.9. The van der Waals surface area contributed by atoms with E-state index in [0.717, 1.165) is 0 Å². The summed E-state index contributed by atoms with van der Waals surface area (Å²) in [5.74, 6) is -2.13. The van der Waals surface area contributed by atoms with Crippen molar-refractivity contribution in [2.75, 3.05) is 7.11 Å². The topological polar surface area (TPSA) is 184 Å². The SMILES string of the molecule is COc1ccc(-c2oc3c(CC(O)C(C)(C)O)c(OS(=O)(=O)O)cc(O)c3c(=O)c2O)cc1. The van der Waals surface area contributed by atoms with Crippen molar-refractivity contribution in [3.8, 4) is 34.3 Å². The molecule has 3 aromatic rings. The van der Waals surface area contributed by atoms with Crippen molar-refractivity contribution in [1.82, 2.24) is 0 Å².